The van der Waals surface area contributed by atoms with E-state index in [0.29, 0.717) is 30.8 Å². The van der Waals surface area contributed by atoms with Crippen molar-refractivity contribution in [1.82, 2.24) is 15.2 Å². The standard InChI is InChI=1S/C15H27N3OS/c1-10(2)13(18(5)6)8-16-14(19)7-12-9-20-15(17-12)11(3)4/h9-11,13H,7-8H2,1-6H3,(H,16,19). The van der Waals surface area contributed by atoms with Gasteiger partial charge in [0.15, 0.2) is 0 Å². The van der Waals surface area contributed by atoms with Crippen LogP contribution in [0.4, 0.5) is 0 Å². The van der Waals surface area contributed by atoms with E-state index in [1.54, 1.807) is 11.3 Å². The van der Waals surface area contributed by atoms with Crippen LogP contribution in [0.1, 0.15) is 44.3 Å². The Labute approximate surface area is 126 Å². The highest BCUT2D eigenvalue weighted by Crippen LogP contribution is 2.19. The number of likely N-dealkylation sites (N-methyl/N-ethyl adjacent to an activating group) is 1. The molecule has 0 aliphatic heterocycles. The number of amides is 1. The molecule has 1 aromatic heterocycles. The Morgan fingerprint density at radius 1 is 1.35 bits per heavy atom. The van der Waals surface area contributed by atoms with Gasteiger partial charge in [0.2, 0.25) is 5.91 Å². The minimum atomic E-state index is 0.0538. The van der Waals surface area contributed by atoms with Crippen LogP contribution >= 0.6 is 11.3 Å². The summed E-state index contributed by atoms with van der Waals surface area (Å²) in [4.78, 5) is 18.6. The first-order chi connectivity index (χ1) is 9.31. The lowest BCUT2D eigenvalue weighted by Gasteiger charge is -2.28. The lowest BCUT2D eigenvalue weighted by Crippen LogP contribution is -2.43. The van der Waals surface area contributed by atoms with Gasteiger partial charge < -0.3 is 10.2 Å². The summed E-state index contributed by atoms with van der Waals surface area (Å²) in [5.41, 5.74) is 0.877. The van der Waals surface area contributed by atoms with Gasteiger partial charge in [0, 0.05) is 23.9 Å². The van der Waals surface area contributed by atoms with Crippen LogP contribution < -0.4 is 5.32 Å². The van der Waals surface area contributed by atoms with Gasteiger partial charge in [-0.3, -0.25) is 4.79 Å². The van der Waals surface area contributed by atoms with Crippen LogP contribution in [0.2, 0.25) is 0 Å². The molecular formula is C15H27N3OS. The second kappa shape index (κ2) is 7.74. The van der Waals surface area contributed by atoms with Gasteiger partial charge in [-0.05, 0) is 20.0 Å². The summed E-state index contributed by atoms with van der Waals surface area (Å²) < 4.78 is 0. The smallest absolute Gasteiger partial charge is 0.226 e. The molecule has 114 valence electrons. The predicted octanol–water partition coefficient (Wildman–Crippen LogP) is 2.51. The van der Waals surface area contributed by atoms with E-state index in [9.17, 15) is 4.79 Å². The molecule has 0 radical (unpaired) electrons. The highest BCUT2D eigenvalue weighted by Gasteiger charge is 2.17. The zero-order valence-electron chi connectivity index (χ0n) is 13.4. The third kappa shape index (κ3) is 5.21. The topological polar surface area (TPSA) is 45.2 Å². The van der Waals surface area contributed by atoms with Crippen molar-refractivity contribution in [3.05, 3.63) is 16.1 Å². The Kier molecular flexibility index (Phi) is 6.62. The molecule has 1 amide bonds. The Balaban J connectivity index is 2.46. The molecule has 0 saturated carbocycles. The lowest BCUT2D eigenvalue weighted by atomic mass is 10.0. The van der Waals surface area contributed by atoms with Gasteiger partial charge in [0.05, 0.1) is 17.1 Å². The summed E-state index contributed by atoms with van der Waals surface area (Å²) >= 11 is 1.63. The van der Waals surface area contributed by atoms with E-state index in [4.69, 9.17) is 0 Å². The van der Waals surface area contributed by atoms with Gasteiger partial charge in [0.1, 0.15) is 0 Å². The highest BCUT2D eigenvalue weighted by molar-refractivity contribution is 7.09. The number of carbonyl (C=O) groups is 1. The average molecular weight is 297 g/mol. The largest absolute Gasteiger partial charge is 0.354 e. The Morgan fingerprint density at radius 3 is 2.45 bits per heavy atom. The fraction of sp³-hybridized carbons (Fsp3) is 0.733. The van der Waals surface area contributed by atoms with Crippen LogP contribution in [0.3, 0.4) is 0 Å². The number of aromatic nitrogens is 1. The third-order valence-corrected chi connectivity index (χ3v) is 4.54. The van der Waals surface area contributed by atoms with Crippen molar-refractivity contribution in [2.75, 3.05) is 20.6 Å². The molecule has 0 spiro atoms. The molecular weight excluding hydrogens is 270 g/mol. The number of nitrogens with one attached hydrogen (secondary N) is 1. The van der Waals surface area contributed by atoms with Crippen molar-refractivity contribution in [1.29, 1.82) is 0 Å². The average Bonchev–Trinajstić information content (AvgIpc) is 2.76. The maximum atomic E-state index is 12.0. The first-order valence-corrected chi connectivity index (χ1v) is 8.06. The van der Waals surface area contributed by atoms with Crippen LogP contribution in [0.15, 0.2) is 5.38 Å². The van der Waals surface area contributed by atoms with Crippen LogP contribution in [-0.4, -0.2) is 42.5 Å². The summed E-state index contributed by atoms with van der Waals surface area (Å²) in [6.07, 6.45) is 0.376. The van der Waals surface area contributed by atoms with Crippen molar-refractivity contribution >= 4 is 17.2 Å². The van der Waals surface area contributed by atoms with Gasteiger partial charge in [0.25, 0.3) is 0 Å². The van der Waals surface area contributed by atoms with E-state index in [0.717, 1.165) is 10.7 Å². The minimum absolute atomic E-state index is 0.0538. The molecule has 1 heterocycles. The summed E-state index contributed by atoms with van der Waals surface area (Å²) in [5, 5.41) is 6.10. The molecule has 1 rings (SSSR count). The zero-order valence-corrected chi connectivity index (χ0v) is 14.3. The van der Waals surface area contributed by atoms with Gasteiger partial charge in [-0.2, -0.15) is 0 Å². The predicted molar refractivity (Wildman–Crippen MR) is 85.2 cm³/mol. The van der Waals surface area contributed by atoms with Crippen molar-refractivity contribution in [3.63, 3.8) is 0 Å². The molecule has 0 aliphatic rings. The molecule has 0 saturated heterocycles. The van der Waals surface area contributed by atoms with Crippen molar-refractivity contribution in [3.8, 4) is 0 Å². The molecule has 1 atom stereocenters. The number of thiazole rings is 1. The van der Waals surface area contributed by atoms with E-state index < -0.39 is 0 Å². The second-order valence-corrected chi connectivity index (χ2v) is 6.98. The minimum Gasteiger partial charge on any atom is -0.354 e. The molecule has 0 aromatic carbocycles. The van der Waals surface area contributed by atoms with Gasteiger partial charge in [-0.1, -0.05) is 27.7 Å². The normalized spacial score (nSPS) is 13.2. The van der Waals surface area contributed by atoms with Crippen LogP contribution in [0.5, 0.6) is 0 Å². The number of rotatable bonds is 7. The van der Waals surface area contributed by atoms with Crippen molar-refractivity contribution in [2.45, 2.75) is 46.1 Å². The molecule has 1 N–H and O–H groups in total. The summed E-state index contributed by atoms with van der Waals surface area (Å²) in [5.74, 6) is 0.992. The Hall–Kier alpha value is -0.940. The number of carbonyl (C=O) groups excluding carboxylic acids is 1. The third-order valence-electron chi connectivity index (χ3n) is 3.35. The first kappa shape index (κ1) is 17.1. The molecule has 0 bridgehead atoms. The number of hydrogen-bond donors (Lipinski definition) is 1. The molecule has 20 heavy (non-hydrogen) atoms. The quantitative estimate of drug-likeness (QED) is 0.841. The van der Waals surface area contributed by atoms with E-state index in [1.165, 1.54) is 0 Å². The van der Waals surface area contributed by atoms with E-state index in [1.807, 2.05) is 19.5 Å². The van der Waals surface area contributed by atoms with E-state index in [2.05, 4.69) is 42.9 Å². The molecule has 5 heteroatoms. The summed E-state index contributed by atoms with van der Waals surface area (Å²) in [6.45, 7) is 9.27. The fourth-order valence-corrected chi connectivity index (χ4v) is 2.96. The van der Waals surface area contributed by atoms with Crippen LogP contribution in [-0.2, 0) is 11.2 Å². The maximum absolute atomic E-state index is 12.0. The number of hydrogen-bond acceptors (Lipinski definition) is 4. The highest BCUT2D eigenvalue weighted by atomic mass is 32.1. The maximum Gasteiger partial charge on any atom is 0.226 e. The van der Waals surface area contributed by atoms with Gasteiger partial charge in [-0.25, -0.2) is 4.98 Å². The van der Waals surface area contributed by atoms with E-state index >= 15 is 0 Å². The Morgan fingerprint density at radius 2 is 2.00 bits per heavy atom. The zero-order chi connectivity index (χ0) is 15.3. The molecule has 4 nitrogen and oxygen atoms in total. The summed E-state index contributed by atoms with van der Waals surface area (Å²) in [6, 6.07) is 0.362. The number of nitrogens with zero attached hydrogens (tertiary/aromatic N) is 2. The Bertz CT molecular complexity index is 419. The van der Waals surface area contributed by atoms with Gasteiger partial charge in [-0.15, -0.1) is 11.3 Å². The SMILES string of the molecule is CC(C)c1nc(CC(=O)NCC(C(C)C)N(C)C)cs1. The fourth-order valence-electron chi connectivity index (χ4n) is 2.13. The van der Waals surface area contributed by atoms with Crippen LogP contribution in [0.25, 0.3) is 0 Å². The van der Waals surface area contributed by atoms with Gasteiger partial charge >= 0.3 is 0 Å². The lowest BCUT2D eigenvalue weighted by molar-refractivity contribution is -0.120. The molecule has 1 unspecified atom stereocenters. The van der Waals surface area contributed by atoms with Crippen LogP contribution in [0, 0.1) is 5.92 Å². The monoisotopic (exact) mass is 297 g/mol. The van der Waals surface area contributed by atoms with Crippen molar-refractivity contribution in [2.24, 2.45) is 5.92 Å². The molecule has 1 aromatic rings. The van der Waals surface area contributed by atoms with Crippen molar-refractivity contribution < 1.29 is 4.79 Å². The molecule has 0 fully saturated rings. The van der Waals surface area contributed by atoms with E-state index in [-0.39, 0.29) is 5.91 Å². The molecule has 0 aliphatic carbocycles. The first-order valence-electron chi connectivity index (χ1n) is 7.18. The second-order valence-electron chi connectivity index (χ2n) is 6.09. The summed E-state index contributed by atoms with van der Waals surface area (Å²) in [7, 11) is 4.10.